The van der Waals surface area contributed by atoms with Crippen molar-refractivity contribution >= 4 is 17.8 Å². The molecule has 1 unspecified atom stereocenters. The molecule has 0 aromatic heterocycles. The third-order valence-corrected chi connectivity index (χ3v) is 2.10. The van der Waals surface area contributed by atoms with Gasteiger partial charge in [-0.25, -0.2) is 4.79 Å². The molecule has 1 aliphatic heterocycles. The number of ether oxygens (including phenoxy) is 1. The average molecular weight is 269 g/mol. The Hall–Kier alpha value is -1.84. The zero-order valence-corrected chi connectivity index (χ0v) is 8.99. The van der Waals surface area contributed by atoms with Gasteiger partial charge in [-0.15, -0.1) is 0 Å². The second-order valence-electron chi connectivity index (χ2n) is 3.42. The van der Waals surface area contributed by atoms with Gasteiger partial charge in [0.25, 0.3) is 12.1 Å². The number of alkyl halides is 3. The van der Waals surface area contributed by atoms with Crippen LogP contribution in [0.4, 0.5) is 13.2 Å². The second kappa shape index (κ2) is 5.21. The van der Waals surface area contributed by atoms with Gasteiger partial charge in [0.1, 0.15) is 0 Å². The monoisotopic (exact) mass is 269 g/mol. The van der Waals surface area contributed by atoms with Gasteiger partial charge in [-0.1, -0.05) is 0 Å². The molecule has 102 valence electrons. The molecule has 7 nitrogen and oxygen atoms in total. The van der Waals surface area contributed by atoms with Gasteiger partial charge in [0.15, 0.2) is 0 Å². The fraction of sp³-hybridized carbons (Fsp3) is 0.625. The number of nitrogens with zero attached hydrogens (tertiary/aromatic N) is 1. The quantitative estimate of drug-likeness (QED) is 0.597. The fourth-order valence-electron chi connectivity index (χ4n) is 1.31. The standard InChI is InChI=1S/C8H10F3N3O4/c9-8(10,11)7(17)18-6(5(12)16)14-2-1-13-3-4(14)15/h6,13H,1-3H2,(H2,12,16). The summed E-state index contributed by atoms with van der Waals surface area (Å²) in [4.78, 5) is 33.6. The molecule has 0 aromatic rings. The van der Waals surface area contributed by atoms with Crippen molar-refractivity contribution in [2.24, 2.45) is 5.73 Å². The third kappa shape index (κ3) is 3.32. The largest absolute Gasteiger partial charge is 0.491 e. The Morgan fingerprint density at radius 2 is 2.06 bits per heavy atom. The van der Waals surface area contributed by atoms with Crippen LogP contribution in [0.2, 0.25) is 0 Å². The maximum atomic E-state index is 12.0. The van der Waals surface area contributed by atoms with Gasteiger partial charge in [-0.2, -0.15) is 13.2 Å². The van der Waals surface area contributed by atoms with Crippen molar-refractivity contribution in [1.82, 2.24) is 10.2 Å². The normalized spacial score (nSPS) is 18.4. The van der Waals surface area contributed by atoms with E-state index in [-0.39, 0.29) is 19.6 Å². The minimum Gasteiger partial charge on any atom is -0.425 e. The van der Waals surface area contributed by atoms with Gasteiger partial charge in [0.05, 0.1) is 6.54 Å². The van der Waals surface area contributed by atoms with Crippen molar-refractivity contribution in [2.75, 3.05) is 19.6 Å². The number of carbonyl (C=O) groups is 3. The molecular formula is C8H10F3N3O4. The van der Waals surface area contributed by atoms with E-state index < -0.39 is 30.2 Å². The Labute approximate surface area is 99.0 Å². The molecule has 0 spiro atoms. The average Bonchev–Trinajstić information content (AvgIpc) is 2.25. The van der Waals surface area contributed by atoms with Crippen LogP contribution in [0.1, 0.15) is 0 Å². The van der Waals surface area contributed by atoms with E-state index in [2.05, 4.69) is 10.1 Å². The molecule has 1 fully saturated rings. The van der Waals surface area contributed by atoms with E-state index >= 15 is 0 Å². The number of halogens is 3. The van der Waals surface area contributed by atoms with Gasteiger partial charge in [0.2, 0.25) is 5.91 Å². The molecular weight excluding hydrogens is 259 g/mol. The number of rotatable bonds is 3. The molecule has 0 saturated carbocycles. The van der Waals surface area contributed by atoms with Crippen LogP contribution in [0.15, 0.2) is 0 Å². The number of hydrogen-bond acceptors (Lipinski definition) is 5. The minimum atomic E-state index is -5.26. The topological polar surface area (TPSA) is 102 Å². The first kappa shape index (κ1) is 14.2. The van der Waals surface area contributed by atoms with Crippen LogP contribution in [-0.2, 0) is 19.1 Å². The number of amides is 2. The van der Waals surface area contributed by atoms with Crippen molar-refractivity contribution in [3.8, 4) is 0 Å². The van der Waals surface area contributed by atoms with Crippen LogP contribution in [-0.4, -0.2) is 54.7 Å². The van der Waals surface area contributed by atoms with Crippen molar-refractivity contribution < 1.29 is 32.3 Å². The highest BCUT2D eigenvalue weighted by Crippen LogP contribution is 2.18. The van der Waals surface area contributed by atoms with Gasteiger partial charge in [-0.05, 0) is 0 Å². The summed E-state index contributed by atoms with van der Waals surface area (Å²) in [6, 6.07) is 0. The van der Waals surface area contributed by atoms with Gasteiger partial charge in [0, 0.05) is 13.1 Å². The summed E-state index contributed by atoms with van der Waals surface area (Å²) in [5.41, 5.74) is 4.82. The number of primary amides is 1. The fourth-order valence-corrected chi connectivity index (χ4v) is 1.31. The number of esters is 1. The number of piperazine rings is 1. The summed E-state index contributed by atoms with van der Waals surface area (Å²) in [5.74, 6) is -4.60. The Kier molecular flexibility index (Phi) is 4.11. The summed E-state index contributed by atoms with van der Waals surface area (Å²) in [7, 11) is 0. The maximum absolute atomic E-state index is 12.0. The van der Waals surface area contributed by atoms with E-state index in [1.165, 1.54) is 0 Å². The second-order valence-corrected chi connectivity index (χ2v) is 3.42. The number of hydrogen-bond donors (Lipinski definition) is 2. The molecule has 0 radical (unpaired) electrons. The lowest BCUT2D eigenvalue weighted by molar-refractivity contribution is -0.213. The predicted octanol–water partition coefficient (Wildman–Crippen LogP) is -1.66. The van der Waals surface area contributed by atoms with Crippen molar-refractivity contribution in [1.29, 1.82) is 0 Å². The number of nitrogens with two attached hydrogens (primary N) is 1. The Morgan fingerprint density at radius 3 is 2.50 bits per heavy atom. The lowest BCUT2D eigenvalue weighted by Crippen LogP contribution is -2.58. The number of nitrogens with one attached hydrogen (secondary N) is 1. The highest BCUT2D eigenvalue weighted by atomic mass is 19.4. The summed E-state index contributed by atoms with van der Waals surface area (Å²) in [6.45, 7) is -0.00991. The highest BCUT2D eigenvalue weighted by Gasteiger charge is 2.45. The molecule has 3 N–H and O–H groups in total. The Balaban J connectivity index is 2.80. The van der Waals surface area contributed by atoms with Crippen molar-refractivity contribution in [2.45, 2.75) is 12.4 Å². The predicted molar refractivity (Wildman–Crippen MR) is 49.7 cm³/mol. The van der Waals surface area contributed by atoms with E-state index in [1.54, 1.807) is 0 Å². The van der Waals surface area contributed by atoms with Crippen LogP contribution < -0.4 is 11.1 Å². The summed E-state index contributed by atoms with van der Waals surface area (Å²) in [6.07, 6.45) is -7.31. The molecule has 1 saturated heterocycles. The van der Waals surface area contributed by atoms with E-state index in [0.29, 0.717) is 4.90 Å². The van der Waals surface area contributed by atoms with Crippen LogP contribution >= 0.6 is 0 Å². The zero-order valence-electron chi connectivity index (χ0n) is 8.99. The molecule has 10 heteroatoms. The van der Waals surface area contributed by atoms with Crippen molar-refractivity contribution in [3.05, 3.63) is 0 Å². The molecule has 1 aliphatic rings. The number of carbonyl (C=O) groups excluding carboxylic acids is 3. The van der Waals surface area contributed by atoms with E-state index in [0.717, 1.165) is 0 Å². The maximum Gasteiger partial charge on any atom is 0.491 e. The molecule has 1 atom stereocenters. The molecule has 18 heavy (non-hydrogen) atoms. The van der Waals surface area contributed by atoms with Crippen LogP contribution in [0.25, 0.3) is 0 Å². The molecule has 0 aromatic carbocycles. The van der Waals surface area contributed by atoms with Gasteiger partial charge >= 0.3 is 12.1 Å². The molecule has 1 rings (SSSR count). The Morgan fingerprint density at radius 1 is 1.44 bits per heavy atom. The highest BCUT2D eigenvalue weighted by molar-refractivity contribution is 5.89. The van der Waals surface area contributed by atoms with E-state index in [4.69, 9.17) is 5.73 Å². The van der Waals surface area contributed by atoms with Gasteiger partial charge in [-0.3, -0.25) is 14.5 Å². The molecule has 0 bridgehead atoms. The molecule has 2 amide bonds. The van der Waals surface area contributed by atoms with E-state index in [9.17, 15) is 27.6 Å². The SMILES string of the molecule is NC(=O)C(OC(=O)C(F)(F)F)N1CCNCC1=O. The summed E-state index contributed by atoms with van der Waals surface area (Å²) < 4.78 is 39.9. The van der Waals surface area contributed by atoms with Crippen molar-refractivity contribution in [3.63, 3.8) is 0 Å². The summed E-state index contributed by atoms with van der Waals surface area (Å²) in [5, 5.41) is 2.64. The lowest BCUT2D eigenvalue weighted by atomic mass is 10.3. The minimum absolute atomic E-state index is 0.0857. The molecule has 1 heterocycles. The lowest BCUT2D eigenvalue weighted by Gasteiger charge is -2.32. The van der Waals surface area contributed by atoms with Gasteiger partial charge < -0.3 is 15.8 Å². The Bertz CT molecular complexity index is 371. The first-order valence-corrected chi connectivity index (χ1v) is 4.81. The first-order chi connectivity index (χ1) is 8.23. The van der Waals surface area contributed by atoms with E-state index in [1.807, 2.05) is 0 Å². The summed E-state index contributed by atoms with van der Waals surface area (Å²) >= 11 is 0. The zero-order chi connectivity index (χ0) is 13.9. The third-order valence-electron chi connectivity index (χ3n) is 2.10. The van der Waals surface area contributed by atoms with Crippen LogP contribution in [0, 0.1) is 0 Å². The molecule has 0 aliphatic carbocycles. The van der Waals surface area contributed by atoms with Crippen LogP contribution in [0.3, 0.4) is 0 Å². The first-order valence-electron chi connectivity index (χ1n) is 4.81. The smallest absolute Gasteiger partial charge is 0.425 e. The van der Waals surface area contributed by atoms with Crippen LogP contribution in [0.5, 0.6) is 0 Å².